The molecule has 0 fully saturated rings. The molecular weight excluding hydrogens is 322 g/mol. The second-order valence-electron chi connectivity index (χ2n) is 6.98. The molecule has 2 heterocycles. The molecule has 0 bridgehead atoms. The maximum absolute atomic E-state index is 4.24. The molecule has 5 nitrogen and oxygen atoms in total. The van der Waals surface area contributed by atoms with Crippen LogP contribution in [0.3, 0.4) is 0 Å². The van der Waals surface area contributed by atoms with Gasteiger partial charge in [0.2, 0.25) is 0 Å². The van der Waals surface area contributed by atoms with Crippen LogP contribution in [-0.2, 0) is 19.4 Å². The van der Waals surface area contributed by atoms with E-state index < -0.39 is 0 Å². The number of fused-ring (bicyclic) bond motifs is 2. The third-order valence-electron chi connectivity index (χ3n) is 4.91. The minimum atomic E-state index is 0.755. The SMILES string of the molecule is CC1=C(C)Cc2ccccc2C1.CCn1cnc2ncnc(N(C)C)c21. The Balaban J connectivity index is 0.000000152. The molecule has 0 amide bonds. The van der Waals surface area contributed by atoms with Crippen molar-refractivity contribution in [2.75, 3.05) is 19.0 Å². The van der Waals surface area contributed by atoms with Crippen LogP contribution in [0, 0.1) is 0 Å². The number of hydrogen-bond donors (Lipinski definition) is 0. The van der Waals surface area contributed by atoms with Gasteiger partial charge in [0, 0.05) is 20.6 Å². The molecule has 1 aliphatic carbocycles. The summed E-state index contributed by atoms with van der Waals surface area (Å²) in [6, 6.07) is 8.75. The van der Waals surface area contributed by atoms with Gasteiger partial charge in [-0.1, -0.05) is 35.4 Å². The molecule has 0 radical (unpaired) electrons. The third-order valence-corrected chi connectivity index (χ3v) is 4.91. The summed E-state index contributed by atoms with van der Waals surface area (Å²) in [4.78, 5) is 14.6. The van der Waals surface area contributed by atoms with E-state index in [-0.39, 0.29) is 0 Å². The first kappa shape index (κ1) is 18.1. The fourth-order valence-electron chi connectivity index (χ4n) is 3.24. The highest BCUT2D eigenvalue weighted by Crippen LogP contribution is 2.25. The Kier molecular flexibility index (Phi) is 5.35. The summed E-state index contributed by atoms with van der Waals surface area (Å²) in [6.45, 7) is 7.44. The fourth-order valence-corrected chi connectivity index (χ4v) is 3.24. The van der Waals surface area contributed by atoms with Gasteiger partial charge in [0.15, 0.2) is 11.5 Å². The van der Waals surface area contributed by atoms with E-state index in [9.17, 15) is 0 Å². The van der Waals surface area contributed by atoms with Gasteiger partial charge in [0.25, 0.3) is 0 Å². The Bertz CT molecular complexity index is 903. The lowest BCUT2D eigenvalue weighted by atomic mass is 9.88. The molecule has 3 aromatic rings. The van der Waals surface area contributed by atoms with Crippen LogP contribution in [0.5, 0.6) is 0 Å². The second-order valence-corrected chi connectivity index (χ2v) is 6.98. The normalized spacial score (nSPS) is 13.3. The standard InChI is InChI=1S/C12H14.C9H13N5/c1-9-7-11-5-3-4-6-12(11)8-10(9)2;1-4-14-6-12-8-7(14)9(13(2)3)11-5-10-8/h3-6H,7-8H2,1-2H3;5-6H,4H2,1-3H3. The Morgan fingerprint density at radius 2 is 1.58 bits per heavy atom. The first-order valence-electron chi connectivity index (χ1n) is 9.06. The van der Waals surface area contributed by atoms with Crippen LogP contribution in [0.15, 0.2) is 48.1 Å². The minimum Gasteiger partial charge on any atom is -0.361 e. The summed E-state index contributed by atoms with van der Waals surface area (Å²) in [5.74, 6) is 0.911. The van der Waals surface area contributed by atoms with Crippen molar-refractivity contribution in [3.05, 3.63) is 59.2 Å². The molecule has 1 aliphatic rings. The van der Waals surface area contributed by atoms with Gasteiger partial charge in [-0.3, -0.25) is 0 Å². The monoisotopic (exact) mass is 349 g/mol. The van der Waals surface area contributed by atoms with Gasteiger partial charge in [-0.25, -0.2) is 15.0 Å². The number of anilines is 1. The number of rotatable bonds is 2. The van der Waals surface area contributed by atoms with Crippen LogP contribution >= 0.6 is 0 Å². The van der Waals surface area contributed by atoms with Gasteiger partial charge in [0.05, 0.1) is 6.33 Å². The quantitative estimate of drug-likeness (QED) is 0.655. The van der Waals surface area contributed by atoms with E-state index >= 15 is 0 Å². The number of imidazole rings is 1. The summed E-state index contributed by atoms with van der Waals surface area (Å²) in [5, 5.41) is 0. The van der Waals surface area contributed by atoms with Gasteiger partial charge in [-0.05, 0) is 44.7 Å². The highest BCUT2D eigenvalue weighted by molar-refractivity contribution is 5.83. The molecule has 0 aliphatic heterocycles. The molecule has 0 saturated carbocycles. The molecule has 0 unspecified atom stereocenters. The van der Waals surface area contributed by atoms with Gasteiger partial charge in [-0.2, -0.15) is 0 Å². The predicted octanol–water partition coefficient (Wildman–Crippen LogP) is 4.03. The molecule has 5 heteroatoms. The number of allylic oxidation sites excluding steroid dienone is 2. The van der Waals surface area contributed by atoms with Crippen molar-refractivity contribution in [2.45, 2.75) is 40.2 Å². The van der Waals surface area contributed by atoms with Gasteiger partial charge >= 0.3 is 0 Å². The molecule has 1 aromatic carbocycles. The van der Waals surface area contributed by atoms with Crippen molar-refractivity contribution < 1.29 is 0 Å². The highest BCUT2D eigenvalue weighted by Gasteiger charge is 2.11. The van der Waals surface area contributed by atoms with E-state index in [1.807, 2.05) is 23.6 Å². The number of aromatic nitrogens is 4. The lowest BCUT2D eigenvalue weighted by Crippen LogP contribution is -2.12. The van der Waals surface area contributed by atoms with Crippen molar-refractivity contribution >= 4 is 17.0 Å². The zero-order valence-corrected chi connectivity index (χ0v) is 16.3. The largest absolute Gasteiger partial charge is 0.361 e. The lowest BCUT2D eigenvalue weighted by Gasteiger charge is -2.18. The van der Waals surface area contributed by atoms with Gasteiger partial charge < -0.3 is 9.47 Å². The Morgan fingerprint density at radius 1 is 0.962 bits per heavy atom. The van der Waals surface area contributed by atoms with E-state index in [1.165, 1.54) is 11.1 Å². The topological polar surface area (TPSA) is 46.8 Å². The van der Waals surface area contributed by atoms with E-state index in [0.29, 0.717) is 0 Å². The average Bonchev–Trinajstić information content (AvgIpc) is 3.06. The third kappa shape index (κ3) is 3.62. The highest BCUT2D eigenvalue weighted by atomic mass is 15.2. The Hall–Kier alpha value is -2.69. The van der Waals surface area contributed by atoms with E-state index in [2.05, 4.69) is 60.0 Å². The Morgan fingerprint density at radius 3 is 2.12 bits per heavy atom. The van der Waals surface area contributed by atoms with Crippen molar-refractivity contribution in [2.24, 2.45) is 0 Å². The van der Waals surface area contributed by atoms with E-state index in [1.54, 1.807) is 23.8 Å². The van der Waals surface area contributed by atoms with Gasteiger partial charge in [-0.15, -0.1) is 0 Å². The molecule has 4 rings (SSSR count). The number of aryl methyl sites for hydroxylation is 1. The van der Waals surface area contributed by atoms with E-state index in [4.69, 9.17) is 0 Å². The summed E-state index contributed by atoms with van der Waals surface area (Å²) in [5.41, 5.74) is 7.88. The van der Waals surface area contributed by atoms with Crippen LogP contribution in [-0.4, -0.2) is 33.6 Å². The molecular formula is C21H27N5. The molecule has 0 saturated heterocycles. The van der Waals surface area contributed by atoms with Crippen LogP contribution < -0.4 is 4.90 Å². The number of hydrogen-bond acceptors (Lipinski definition) is 4. The summed E-state index contributed by atoms with van der Waals surface area (Å²) in [7, 11) is 3.93. The molecule has 26 heavy (non-hydrogen) atoms. The van der Waals surface area contributed by atoms with Crippen LogP contribution in [0.1, 0.15) is 31.9 Å². The Labute approximate surface area is 155 Å². The molecule has 136 valence electrons. The average molecular weight is 349 g/mol. The summed E-state index contributed by atoms with van der Waals surface area (Å²) < 4.78 is 2.05. The minimum absolute atomic E-state index is 0.755. The van der Waals surface area contributed by atoms with Crippen molar-refractivity contribution in [3.63, 3.8) is 0 Å². The molecule has 0 atom stereocenters. The fraction of sp³-hybridized carbons (Fsp3) is 0.381. The molecule has 2 aromatic heterocycles. The zero-order chi connectivity index (χ0) is 18.7. The maximum Gasteiger partial charge on any atom is 0.182 e. The van der Waals surface area contributed by atoms with Crippen molar-refractivity contribution in [1.29, 1.82) is 0 Å². The van der Waals surface area contributed by atoms with Crippen LogP contribution in [0.25, 0.3) is 11.2 Å². The van der Waals surface area contributed by atoms with Crippen LogP contribution in [0.2, 0.25) is 0 Å². The number of benzene rings is 1. The number of nitrogens with zero attached hydrogens (tertiary/aromatic N) is 5. The van der Waals surface area contributed by atoms with Crippen molar-refractivity contribution in [1.82, 2.24) is 19.5 Å². The predicted molar refractivity (Wildman–Crippen MR) is 108 cm³/mol. The molecule has 0 N–H and O–H groups in total. The van der Waals surface area contributed by atoms with Crippen molar-refractivity contribution in [3.8, 4) is 0 Å². The smallest absolute Gasteiger partial charge is 0.182 e. The second kappa shape index (κ2) is 7.68. The lowest BCUT2D eigenvalue weighted by molar-refractivity contribution is 0.784. The van der Waals surface area contributed by atoms with Crippen LogP contribution in [0.4, 0.5) is 5.82 Å². The first-order valence-corrected chi connectivity index (χ1v) is 9.06. The maximum atomic E-state index is 4.24. The van der Waals surface area contributed by atoms with E-state index in [0.717, 1.165) is 36.4 Å². The first-order chi connectivity index (χ1) is 12.5. The summed E-state index contributed by atoms with van der Waals surface area (Å²) in [6.07, 6.45) is 5.65. The zero-order valence-electron chi connectivity index (χ0n) is 16.3. The van der Waals surface area contributed by atoms with Gasteiger partial charge in [0.1, 0.15) is 11.8 Å². The summed E-state index contributed by atoms with van der Waals surface area (Å²) >= 11 is 0. The molecule has 0 spiro atoms.